The van der Waals surface area contributed by atoms with Crippen molar-refractivity contribution in [2.75, 3.05) is 24.5 Å². The summed E-state index contributed by atoms with van der Waals surface area (Å²) in [6.45, 7) is 3.68. The molecule has 0 N–H and O–H groups in total. The molecule has 36 heavy (non-hydrogen) atoms. The van der Waals surface area contributed by atoms with Crippen LogP contribution in [0, 0.1) is 18.6 Å². The van der Waals surface area contributed by atoms with E-state index in [1.807, 2.05) is 23.2 Å². The van der Waals surface area contributed by atoms with Gasteiger partial charge in [0.15, 0.2) is 0 Å². The van der Waals surface area contributed by atoms with Gasteiger partial charge in [0.05, 0.1) is 23.3 Å². The van der Waals surface area contributed by atoms with E-state index in [1.54, 1.807) is 17.6 Å². The van der Waals surface area contributed by atoms with Crippen molar-refractivity contribution < 1.29 is 18.0 Å². The number of carbonyl (C=O) groups is 1. The minimum absolute atomic E-state index is 0.0727. The molecule has 10 heteroatoms. The lowest BCUT2D eigenvalue weighted by Gasteiger charge is -2.30. The van der Waals surface area contributed by atoms with E-state index < -0.39 is 11.6 Å². The number of piperidine rings is 1. The second kappa shape index (κ2) is 9.00. The maximum atomic E-state index is 14.6. The lowest BCUT2D eigenvalue weighted by Crippen LogP contribution is -2.38. The molecule has 5 heterocycles. The van der Waals surface area contributed by atoms with Crippen LogP contribution in [0.2, 0.25) is 0 Å². The van der Waals surface area contributed by atoms with Crippen molar-refractivity contribution in [2.24, 2.45) is 0 Å². The van der Waals surface area contributed by atoms with Crippen molar-refractivity contribution in [2.45, 2.75) is 44.6 Å². The molecule has 1 unspecified atom stereocenters. The number of hydrogen-bond acceptors (Lipinski definition) is 6. The molecule has 1 atom stereocenters. The molecule has 1 aromatic carbocycles. The van der Waals surface area contributed by atoms with Crippen LogP contribution in [0.1, 0.15) is 65.3 Å². The van der Waals surface area contributed by atoms with Crippen molar-refractivity contribution in [3.8, 4) is 0 Å². The lowest BCUT2D eigenvalue weighted by atomic mass is 9.96. The molecule has 2 aliphatic rings. The molecule has 2 aliphatic heterocycles. The number of rotatable bonds is 4. The normalized spacial score (nSPS) is 18.9. The number of aromatic nitrogens is 4. The molecular weight excluding hydrogens is 466 g/mol. The van der Waals surface area contributed by atoms with Crippen LogP contribution in [-0.2, 0) is 0 Å². The minimum atomic E-state index is -0.449. The van der Waals surface area contributed by atoms with Gasteiger partial charge in [-0.2, -0.15) is 5.10 Å². The maximum absolute atomic E-state index is 14.6. The van der Waals surface area contributed by atoms with Crippen molar-refractivity contribution >= 4 is 17.1 Å². The van der Waals surface area contributed by atoms with Crippen LogP contribution in [0.15, 0.2) is 47.1 Å². The Morgan fingerprint density at radius 2 is 1.89 bits per heavy atom. The molecule has 0 radical (unpaired) electrons. The van der Waals surface area contributed by atoms with Crippen LogP contribution in [0.3, 0.4) is 0 Å². The number of amides is 1. The van der Waals surface area contributed by atoms with Gasteiger partial charge in [-0.3, -0.25) is 4.79 Å². The Morgan fingerprint density at radius 1 is 1.06 bits per heavy atom. The number of benzene rings is 1. The smallest absolute Gasteiger partial charge is 0.257 e. The van der Waals surface area contributed by atoms with Crippen LogP contribution in [-0.4, -0.2) is 50.3 Å². The fourth-order valence-corrected chi connectivity index (χ4v) is 5.46. The van der Waals surface area contributed by atoms with Gasteiger partial charge in [0.25, 0.3) is 5.91 Å². The summed E-state index contributed by atoms with van der Waals surface area (Å²) in [6, 6.07) is 7.16. The van der Waals surface area contributed by atoms with Gasteiger partial charge in [0, 0.05) is 49.9 Å². The molecule has 6 rings (SSSR count). The van der Waals surface area contributed by atoms with Crippen molar-refractivity contribution in [3.05, 3.63) is 77.3 Å². The second-order valence-electron chi connectivity index (χ2n) is 9.52. The number of carbonyl (C=O) groups excluding carboxylic acids is 1. The summed E-state index contributed by atoms with van der Waals surface area (Å²) >= 11 is 0. The average molecular weight is 493 g/mol. The summed E-state index contributed by atoms with van der Waals surface area (Å²) in [5.74, 6) is 0.405. The molecule has 0 saturated carbocycles. The Balaban J connectivity index is 1.24. The van der Waals surface area contributed by atoms with Crippen LogP contribution >= 0.6 is 0 Å². The van der Waals surface area contributed by atoms with Crippen LogP contribution in [0.25, 0.3) is 5.52 Å². The van der Waals surface area contributed by atoms with Crippen molar-refractivity contribution in [1.29, 1.82) is 0 Å². The predicted molar refractivity (Wildman–Crippen MR) is 128 cm³/mol. The molecule has 0 aliphatic carbocycles. The third-order valence-electron chi connectivity index (χ3n) is 7.31. The average Bonchev–Trinajstić information content (AvgIpc) is 3.64. The number of pyridine rings is 1. The molecule has 4 aromatic rings. The van der Waals surface area contributed by atoms with Crippen molar-refractivity contribution in [3.63, 3.8) is 0 Å². The largest absolute Gasteiger partial charge is 0.425 e. The highest BCUT2D eigenvalue weighted by Gasteiger charge is 2.31. The maximum Gasteiger partial charge on any atom is 0.257 e. The Bertz CT molecular complexity index is 1430. The quantitative estimate of drug-likeness (QED) is 0.412. The third-order valence-corrected chi connectivity index (χ3v) is 7.31. The second-order valence-corrected chi connectivity index (χ2v) is 9.52. The summed E-state index contributed by atoms with van der Waals surface area (Å²) < 4.78 is 35.7. The molecule has 2 fully saturated rings. The first-order chi connectivity index (χ1) is 17.5. The monoisotopic (exact) mass is 492 g/mol. The van der Waals surface area contributed by atoms with E-state index in [0.29, 0.717) is 41.5 Å². The van der Waals surface area contributed by atoms with E-state index in [0.717, 1.165) is 44.0 Å². The number of anilines is 1. The first-order valence-corrected chi connectivity index (χ1v) is 12.3. The molecule has 2 saturated heterocycles. The van der Waals surface area contributed by atoms with E-state index in [4.69, 9.17) is 4.42 Å². The summed E-state index contributed by atoms with van der Waals surface area (Å²) in [5, 5.41) is 12.4. The number of hydrogen-bond donors (Lipinski definition) is 0. The summed E-state index contributed by atoms with van der Waals surface area (Å²) in [6.07, 6.45) is 6.51. The highest BCUT2D eigenvalue weighted by Crippen LogP contribution is 2.38. The standard InChI is InChI=1S/C26H26F2N6O2/c1-16-30-31-25(36-16)17-6-10-32(11-7-17)26(35)21-15-29-34-12-8-19(14-24(21)34)33-9-2-3-23(33)20-13-18(27)4-5-22(20)28/h4-5,8,12-15,17,23H,2-3,6-7,9-11H2,1H3. The summed E-state index contributed by atoms with van der Waals surface area (Å²) in [4.78, 5) is 17.4. The van der Waals surface area contributed by atoms with E-state index in [1.165, 1.54) is 12.1 Å². The van der Waals surface area contributed by atoms with Gasteiger partial charge < -0.3 is 14.2 Å². The highest BCUT2D eigenvalue weighted by molar-refractivity contribution is 6.01. The Kier molecular flexibility index (Phi) is 5.66. The highest BCUT2D eigenvalue weighted by atomic mass is 19.1. The van der Waals surface area contributed by atoms with Crippen molar-refractivity contribution in [1.82, 2.24) is 24.7 Å². The summed E-state index contributed by atoms with van der Waals surface area (Å²) in [5.41, 5.74) is 2.43. The first kappa shape index (κ1) is 22.6. The Morgan fingerprint density at radius 3 is 2.67 bits per heavy atom. The topological polar surface area (TPSA) is 79.8 Å². The van der Waals surface area contributed by atoms with E-state index in [-0.39, 0.29) is 17.9 Å². The van der Waals surface area contributed by atoms with Gasteiger partial charge in [-0.25, -0.2) is 13.3 Å². The van der Waals surface area contributed by atoms with Gasteiger partial charge in [-0.1, -0.05) is 0 Å². The SMILES string of the molecule is Cc1nnc(C2CCN(C(=O)c3cnn4ccc(N5CCCC5c5cc(F)ccc5F)cc34)CC2)o1. The lowest BCUT2D eigenvalue weighted by molar-refractivity contribution is 0.0708. The van der Waals surface area contributed by atoms with E-state index in [9.17, 15) is 13.6 Å². The molecule has 186 valence electrons. The molecule has 0 bridgehead atoms. The Hall–Kier alpha value is -3.82. The van der Waals surface area contributed by atoms with E-state index >= 15 is 0 Å². The number of aryl methyl sites for hydroxylation is 1. The van der Waals surface area contributed by atoms with E-state index in [2.05, 4.69) is 20.2 Å². The zero-order valence-corrected chi connectivity index (χ0v) is 19.9. The van der Waals surface area contributed by atoms with Gasteiger partial charge >= 0.3 is 0 Å². The fraction of sp³-hybridized carbons (Fsp3) is 0.385. The van der Waals surface area contributed by atoms with Gasteiger partial charge in [-0.15, -0.1) is 10.2 Å². The van der Waals surface area contributed by atoms with Gasteiger partial charge in [0.2, 0.25) is 11.8 Å². The number of likely N-dealkylation sites (tertiary alicyclic amines) is 1. The van der Waals surface area contributed by atoms with Crippen LogP contribution < -0.4 is 4.90 Å². The fourth-order valence-electron chi connectivity index (χ4n) is 5.46. The molecule has 0 spiro atoms. The molecule has 1 amide bonds. The number of halogens is 2. The number of fused-ring (bicyclic) bond motifs is 1. The molecule has 3 aromatic heterocycles. The minimum Gasteiger partial charge on any atom is -0.425 e. The first-order valence-electron chi connectivity index (χ1n) is 12.3. The van der Waals surface area contributed by atoms with Gasteiger partial charge in [0.1, 0.15) is 11.6 Å². The number of nitrogens with zero attached hydrogens (tertiary/aromatic N) is 6. The third kappa shape index (κ3) is 4.00. The molecule has 8 nitrogen and oxygen atoms in total. The predicted octanol–water partition coefficient (Wildman–Crippen LogP) is 4.67. The van der Waals surface area contributed by atoms with Crippen LogP contribution in [0.5, 0.6) is 0 Å². The zero-order valence-electron chi connectivity index (χ0n) is 19.9. The Labute approximate surface area is 206 Å². The van der Waals surface area contributed by atoms with Crippen LogP contribution in [0.4, 0.5) is 14.5 Å². The summed E-state index contributed by atoms with van der Waals surface area (Å²) in [7, 11) is 0. The zero-order chi connectivity index (χ0) is 24.8. The van der Waals surface area contributed by atoms with Gasteiger partial charge in [-0.05, 0) is 56.0 Å². The molecular formula is C26H26F2N6O2.